The van der Waals surface area contributed by atoms with Crippen molar-refractivity contribution in [2.45, 2.75) is 0 Å². The van der Waals surface area contributed by atoms with Crippen LogP contribution in [0.4, 0.5) is 21.7 Å². The number of nitrogens with one attached hydrogen (secondary N) is 2. The summed E-state index contributed by atoms with van der Waals surface area (Å²) in [6.45, 7) is 0. The van der Waals surface area contributed by atoms with Crippen molar-refractivity contribution >= 4 is 28.9 Å². The minimum atomic E-state index is -0.346. The highest BCUT2D eigenvalue weighted by molar-refractivity contribution is 6.33. The zero-order chi connectivity index (χ0) is 12.3. The number of hydrogen-bond acceptors (Lipinski definition) is 3. The maximum absolute atomic E-state index is 13.1. The zero-order valence-corrected chi connectivity index (χ0v) is 9.92. The minimum Gasteiger partial charge on any atom is -0.373 e. The Bertz CT molecular complexity index is 531. The second-order valence-corrected chi connectivity index (χ2v) is 3.81. The molecule has 5 heteroatoms. The van der Waals surface area contributed by atoms with E-state index in [9.17, 15) is 4.39 Å². The molecule has 0 amide bonds. The first-order chi connectivity index (χ1) is 8.19. The van der Waals surface area contributed by atoms with Crippen LogP contribution in [-0.2, 0) is 0 Å². The molecular weight excluding hydrogens is 241 g/mol. The van der Waals surface area contributed by atoms with Gasteiger partial charge in [0.1, 0.15) is 17.5 Å². The Hall–Kier alpha value is -1.81. The maximum atomic E-state index is 13.1. The summed E-state index contributed by atoms with van der Waals surface area (Å²) in [6.07, 6.45) is 0. The van der Waals surface area contributed by atoms with Crippen LogP contribution in [-0.4, -0.2) is 12.0 Å². The molecular formula is C12H11ClFN3. The zero-order valence-electron chi connectivity index (χ0n) is 9.17. The summed E-state index contributed by atoms with van der Waals surface area (Å²) in [7, 11) is 1.78. The maximum Gasteiger partial charge on any atom is 0.132 e. The van der Waals surface area contributed by atoms with Crippen LogP contribution in [0.25, 0.3) is 0 Å². The van der Waals surface area contributed by atoms with Gasteiger partial charge in [0.15, 0.2) is 0 Å². The summed E-state index contributed by atoms with van der Waals surface area (Å²) < 4.78 is 13.1. The molecule has 0 aliphatic rings. The van der Waals surface area contributed by atoms with E-state index in [0.29, 0.717) is 16.5 Å². The molecule has 1 aromatic heterocycles. The van der Waals surface area contributed by atoms with E-state index >= 15 is 0 Å². The average Bonchev–Trinajstić information content (AvgIpc) is 2.34. The number of pyridine rings is 1. The van der Waals surface area contributed by atoms with E-state index in [1.54, 1.807) is 13.1 Å². The lowest BCUT2D eigenvalue weighted by molar-refractivity contribution is 0.628. The molecule has 0 fully saturated rings. The normalized spacial score (nSPS) is 10.1. The van der Waals surface area contributed by atoms with Gasteiger partial charge in [0, 0.05) is 7.05 Å². The fourth-order valence-electron chi connectivity index (χ4n) is 1.37. The van der Waals surface area contributed by atoms with Gasteiger partial charge >= 0.3 is 0 Å². The molecule has 2 rings (SSSR count). The predicted molar refractivity (Wildman–Crippen MR) is 68.5 cm³/mol. The Balaban J connectivity index is 2.27. The third-order valence-corrected chi connectivity index (χ3v) is 2.53. The molecule has 1 aromatic carbocycles. The lowest BCUT2D eigenvalue weighted by Gasteiger charge is -2.08. The second-order valence-electron chi connectivity index (χ2n) is 3.41. The molecule has 17 heavy (non-hydrogen) atoms. The van der Waals surface area contributed by atoms with Crippen molar-refractivity contribution in [2.24, 2.45) is 0 Å². The number of aromatic nitrogens is 1. The van der Waals surface area contributed by atoms with E-state index in [4.69, 9.17) is 11.6 Å². The molecule has 0 atom stereocenters. The van der Waals surface area contributed by atoms with Gasteiger partial charge in [-0.25, -0.2) is 9.37 Å². The van der Waals surface area contributed by atoms with Gasteiger partial charge in [-0.1, -0.05) is 17.7 Å². The quantitative estimate of drug-likeness (QED) is 0.874. The van der Waals surface area contributed by atoms with Crippen LogP contribution in [0.3, 0.4) is 0 Å². The van der Waals surface area contributed by atoms with Gasteiger partial charge in [-0.05, 0) is 30.3 Å². The summed E-state index contributed by atoms with van der Waals surface area (Å²) in [5.41, 5.74) is 0.493. The van der Waals surface area contributed by atoms with Crippen molar-refractivity contribution in [3.63, 3.8) is 0 Å². The third-order valence-electron chi connectivity index (χ3n) is 2.20. The van der Waals surface area contributed by atoms with Crippen LogP contribution in [0.1, 0.15) is 0 Å². The first kappa shape index (κ1) is 11.7. The lowest BCUT2D eigenvalue weighted by atomic mass is 10.3. The first-order valence-electron chi connectivity index (χ1n) is 5.06. The van der Waals surface area contributed by atoms with Gasteiger partial charge in [0.25, 0.3) is 0 Å². The highest BCUT2D eigenvalue weighted by atomic mass is 35.5. The topological polar surface area (TPSA) is 37.0 Å². The molecule has 1 heterocycles. The van der Waals surface area contributed by atoms with Gasteiger partial charge in [-0.2, -0.15) is 0 Å². The first-order valence-corrected chi connectivity index (χ1v) is 5.44. The Morgan fingerprint density at radius 3 is 2.71 bits per heavy atom. The molecule has 2 N–H and O–H groups in total. The van der Waals surface area contributed by atoms with Crippen molar-refractivity contribution in [3.8, 4) is 0 Å². The van der Waals surface area contributed by atoms with Crippen LogP contribution >= 0.6 is 11.6 Å². The van der Waals surface area contributed by atoms with E-state index in [-0.39, 0.29) is 5.82 Å². The number of rotatable bonds is 3. The van der Waals surface area contributed by atoms with Gasteiger partial charge in [-0.15, -0.1) is 0 Å². The van der Waals surface area contributed by atoms with Gasteiger partial charge in [0.05, 0.1) is 10.7 Å². The van der Waals surface area contributed by atoms with Gasteiger partial charge in [-0.3, -0.25) is 0 Å². The smallest absolute Gasteiger partial charge is 0.132 e. The summed E-state index contributed by atoms with van der Waals surface area (Å²) in [5, 5.41) is 6.33. The van der Waals surface area contributed by atoms with E-state index in [1.807, 2.05) is 12.1 Å². The number of hydrogen-bond donors (Lipinski definition) is 2. The van der Waals surface area contributed by atoms with E-state index < -0.39 is 0 Å². The number of nitrogens with zero attached hydrogens (tertiary/aromatic N) is 1. The number of anilines is 3. The second kappa shape index (κ2) is 5.01. The van der Waals surface area contributed by atoms with Crippen LogP contribution < -0.4 is 10.6 Å². The number of benzene rings is 1. The van der Waals surface area contributed by atoms with Crippen molar-refractivity contribution in [3.05, 3.63) is 47.2 Å². The summed E-state index contributed by atoms with van der Waals surface area (Å²) in [6, 6.07) is 9.59. The SMILES string of the molecule is CNc1cccc(Nc2cc(F)ccc2Cl)n1. The minimum absolute atomic E-state index is 0.346. The third kappa shape index (κ3) is 2.85. The molecule has 3 nitrogen and oxygen atoms in total. The summed E-state index contributed by atoms with van der Waals surface area (Å²) in [4.78, 5) is 4.25. The highest BCUT2D eigenvalue weighted by Gasteiger charge is 2.03. The van der Waals surface area contributed by atoms with Crippen LogP contribution in [0.15, 0.2) is 36.4 Å². The average molecular weight is 252 g/mol. The molecule has 2 aromatic rings. The summed E-state index contributed by atoms with van der Waals surface area (Å²) in [5.74, 6) is 0.980. The molecule has 0 radical (unpaired) electrons. The number of halogens is 2. The molecule has 0 unspecified atom stereocenters. The van der Waals surface area contributed by atoms with E-state index in [1.165, 1.54) is 18.2 Å². The van der Waals surface area contributed by atoms with Crippen LogP contribution in [0.2, 0.25) is 5.02 Å². The van der Waals surface area contributed by atoms with Crippen LogP contribution in [0, 0.1) is 5.82 Å². The molecule has 88 valence electrons. The van der Waals surface area contributed by atoms with Gasteiger partial charge in [0.2, 0.25) is 0 Å². The lowest BCUT2D eigenvalue weighted by Crippen LogP contribution is -1.98. The molecule has 0 saturated carbocycles. The van der Waals surface area contributed by atoms with E-state index in [0.717, 1.165) is 5.82 Å². The fourth-order valence-corrected chi connectivity index (χ4v) is 1.54. The highest BCUT2D eigenvalue weighted by Crippen LogP contribution is 2.25. The van der Waals surface area contributed by atoms with Crippen molar-refractivity contribution in [2.75, 3.05) is 17.7 Å². The predicted octanol–water partition coefficient (Wildman–Crippen LogP) is 3.66. The molecule has 0 saturated heterocycles. The van der Waals surface area contributed by atoms with Crippen molar-refractivity contribution < 1.29 is 4.39 Å². The van der Waals surface area contributed by atoms with Crippen molar-refractivity contribution in [1.29, 1.82) is 0 Å². The van der Waals surface area contributed by atoms with E-state index in [2.05, 4.69) is 15.6 Å². The largest absolute Gasteiger partial charge is 0.373 e. The standard InChI is InChI=1S/C12H11ClFN3/c1-15-11-3-2-4-12(17-11)16-10-7-8(14)5-6-9(10)13/h2-7H,1H3,(H2,15,16,17). The Morgan fingerprint density at radius 1 is 1.18 bits per heavy atom. The summed E-state index contributed by atoms with van der Waals surface area (Å²) >= 11 is 5.95. The molecule has 0 bridgehead atoms. The Morgan fingerprint density at radius 2 is 1.94 bits per heavy atom. The fraction of sp³-hybridized carbons (Fsp3) is 0.0833. The Kier molecular flexibility index (Phi) is 3.44. The van der Waals surface area contributed by atoms with Crippen molar-refractivity contribution in [1.82, 2.24) is 4.98 Å². The monoisotopic (exact) mass is 251 g/mol. The van der Waals surface area contributed by atoms with Gasteiger partial charge < -0.3 is 10.6 Å². The molecule has 0 aliphatic carbocycles. The van der Waals surface area contributed by atoms with Crippen LogP contribution in [0.5, 0.6) is 0 Å². The molecule has 0 aliphatic heterocycles. The molecule has 0 spiro atoms. The Labute approximate surface area is 104 Å².